The number of methoxy groups -OCH3 is 1. The first kappa shape index (κ1) is 24.1. The molecule has 0 atom stereocenters. The Morgan fingerprint density at radius 2 is 1.82 bits per heavy atom. The van der Waals surface area contributed by atoms with Crippen LogP contribution in [0.3, 0.4) is 0 Å². The molecule has 1 saturated carbocycles. The molecular formula is C26H33N5O2. The Balaban J connectivity index is 1.76. The van der Waals surface area contributed by atoms with Gasteiger partial charge < -0.3 is 20.3 Å². The van der Waals surface area contributed by atoms with E-state index in [-0.39, 0.29) is 17.4 Å². The summed E-state index contributed by atoms with van der Waals surface area (Å²) in [5, 5.41) is 15.4. The molecule has 7 nitrogen and oxygen atoms in total. The minimum Gasteiger partial charge on any atom is -0.496 e. The highest BCUT2D eigenvalue weighted by molar-refractivity contribution is 5.97. The summed E-state index contributed by atoms with van der Waals surface area (Å²) >= 11 is 0. The van der Waals surface area contributed by atoms with Crippen molar-refractivity contribution in [2.24, 2.45) is 4.99 Å². The van der Waals surface area contributed by atoms with Crippen molar-refractivity contribution in [2.45, 2.75) is 44.1 Å². The molecule has 0 bridgehead atoms. The lowest BCUT2D eigenvalue weighted by molar-refractivity contribution is 0.0927. The van der Waals surface area contributed by atoms with Gasteiger partial charge in [-0.1, -0.05) is 42.5 Å². The van der Waals surface area contributed by atoms with Crippen LogP contribution in [0, 0.1) is 11.5 Å². The Labute approximate surface area is 196 Å². The summed E-state index contributed by atoms with van der Waals surface area (Å²) in [7, 11) is 3.56. The molecule has 1 aliphatic carbocycles. The van der Waals surface area contributed by atoms with Crippen molar-refractivity contribution < 1.29 is 9.53 Å². The van der Waals surface area contributed by atoms with Gasteiger partial charge >= 0.3 is 0 Å². The molecule has 3 rings (SSSR count). The molecule has 0 unspecified atom stereocenters. The Morgan fingerprint density at radius 3 is 2.45 bits per heavy atom. The summed E-state index contributed by atoms with van der Waals surface area (Å²) in [6.45, 7) is 3.25. The largest absolute Gasteiger partial charge is 0.496 e. The van der Waals surface area contributed by atoms with Crippen molar-refractivity contribution in [3.8, 4) is 11.9 Å². The number of hydrogen-bond donors (Lipinski definition) is 2. The zero-order chi connectivity index (χ0) is 23.7. The second-order valence-corrected chi connectivity index (χ2v) is 8.44. The van der Waals surface area contributed by atoms with Crippen LogP contribution in [0.1, 0.15) is 48.5 Å². The Bertz CT molecular complexity index is 991. The van der Waals surface area contributed by atoms with Gasteiger partial charge in [-0.15, -0.1) is 4.99 Å². The normalized spacial score (nSPS) is 20.4. The van der Waals surface area contributed by atoms with Crippen LogP contribution < -0.4 is 15.4 Å². The molecule has 2 aromatic rings. The fraction of sp³-hybridized carbons (Fsp3) is 0.423. The first-order valence-electron chi connectivity index (χ1n) is 11.4. The topological polar surface area (TPSA) is 89.8 Å². The van der Waals surface area contributed by atoms with Gasteiger partial charge in [-0.25, -0.2) is 0 Å². The van der Waals surface area contributed by atoms with Crippen LogP contribution in [-0.4, -0.2) is 50.1 Å². The number of amides is 1. The second-order valence-electron chi connectivity index (χ2n) is 8.44. The molecule has 0 spiro atoms. The Kier molecular flexibility index (Phi) is 8.31. The van der Waals surface area contributed by atoms with Gasteiger partial charge in [0.25, 0.3) is 5.91 Å². The van der Waals surface area contributed by atoms with E-state index in [0.29, 0.717) is 30.4 Å². The third-order valence-corrected chi connectivity index (χ3v) is 6.61. The van der Waals surface area contributed by atoms with Crippen molar-refractivity contribution in [2.75, 3.05) is 27.2 Å². The van der Waals surface area contributed by atoms with E-state index in [0.717, 1.165) is 25.7 Å². The van der Waals surface area contributed by atoms with E-state index in [1.54, 1.807) is 19.2 Å². The maximum Gasteiger partial charge on any atom is 0.255 e. The van der Waals surface area contributed by atoms with E-state index in [2.05, 4.69) is 44.8 Å². The van der Waals surface area contributed by atoms with Crippen LogP contribution >= 0.6 is 0 Å². The summed E-state index contributed by atoms with van der Waals surface area (Å²) in [5.74, 6) is 1.06. The molecule has 0 radical (unpaired) electrons. The number of benzene rings is 2. The van der Waals surface area contributed by atoms with Gasteiger partial charge in [0.2, 0.25) is 12.2 Å². The van der Waals surface area contributed by atoms with Crippen LogP contribution in [0.25, 0.3) is 0 Å². The van der Waals surface area contributed by atoms with Gasteiger partial charge in [0, 0.05) is 31.6 Å². The first-order valence-corrected chi connectivity index (χ1v) is 11.4. The van der Waals surface area contributed by atoms with Gasteiger partial charge in [-0.05, 0) is 50.3 Å². The van der Waals surface area contributed by atoms with E-state index in [1.807, 2.05) is 38.4 Å². The number of rotatable bonds is 7. The number of hydrogen-bond acceptors (Lipinski definition) is 4. The molecule has 1 amide bonds. The molecule has 0 saturated heterocycles. The Morgan fingerprint density at radius 1 is 1.15 bits per heavy atom. The maximum atomic E-state index is 13.0. The van der Waals surface area contributed by atoms with Crippen LogP contribution in [0.2, 0.25) is 0 Å². The van der Waals surface area contributed by atoms with Crippen LogP contribution in [0.5, 0.6) is 5.75 Å². The summed E-state index contributed by atoms with van der Waals surface area (Å²) in [5.41, 5.74) is 1.63. The third-order valence-electron chi connectivity index (χ3n) is 6.61. The quantitative estimate of drug-likeness (QED) is 0.384. The molecule has 0 aromatic heterocycles. The molecule has 2 aromatic carbocycles. The molecule has 1 fully saturated rings. The highest BCUT2D eigenvalue weighted by Gasteiger charge is 2.38. The average molecular weight is 448 g/mol. The standard InChI is InChI=1S/C26H33N5O2/c1-4-28-25(30-19-27)31(2)21-14-16-26(17-15-21,20-10-6-5-7-11-20)18-29-24(32)22-12-8-9-13-23(22)33-3/h5-13,21H,4,14-18H2,1-3H3,(H,28,30)(H,29,32)/t21-,26-. The zero-order valence-corrected chi connectivity index (χ0v) is 19.7. The van der Waals surface area contributed by atoms with Crippen molar-refractivity contribution in [3.05, 3.63) is 65.7 Å². The number of carbonyl (C=O) groups excluding carboxylic acids is 1. The number of nitrogens with one attached hydrogen (secondary N) is 2. The number of carbonyl (C=O) groups is 1. The molecule has 7 heteroatoms. The van der Waals surface area contributed by atoms with Crippen molar-refractivity contribution in [1.82, 2.24) is 15.5 Å². The van der Waals surface area contributed by atoms with E-state index in [4.69, 9.17) is 10.00 Å². The highest BCUT2D eigenvalue weighted by atomic mass is 16.5. The zero-order valence-electron chi connectivity index (χ0n) is 19.7. The SMILES string of the molecule is CCN/C(=N\C#N)N(C)[C@H]1CC[C@](CNC(=O)c2ccccc2OC)(c2ccccc2)CC1. The van der Waals surface area contributed by atoms with Crippen molar-refractivity contribution in [1.29, 1.82) is 5.26 Å². The van der Waals surface area contributed by atoms with Gasteiger partial charge in [0.1, 0.15) is 5.75 Å². The number of aliphatic imine (C=N–C) groups is 1. The summed E-state index contributed by atoms with van der Waals surface area (Å²) < 4.78 is 5.36. The fourth-order valence-electron chi connectivity index (χ4n) is 4.70. The lowest BCUT2D eigenvalue weighted by Crippen LogP contribution is -2.50. The molecule has 33 heavy (non-hydrogen) atoms. The lowest BCUT2D eigenvalue weighted by Gasteiger charge is -2.43. The molecule has 0 heterocycles. The van der Waals surface area contributed by atoms with E-state index in [1.165, 1.54) is 5.56 Å². The van der Waals surface area contributed by atoms with Crippen molar-refractivity contribution >= 4 is 11.9 Å². The first-order chi connectivity index (χ1) is 16.0. The number of guanidine groups is 1. The molecular weight excluding hydrogens is 414 g/mol. The predicted octanol–water partition coefficient (Wildman–Crippen LogP) is 3.68. The average Bonchev–Trinajstić information content (AvgIpc) is 2.87. The minimum atomic E-state index is -0.152. The lowest BCUT2D eigenvalue weighted by atomic mass is 9.68. The minimum absolute atomic E-state index is 0.127. The second kappa shape index (κ2) is 11.4. The predicted molar refractivity (Wildman–Crippen MR) is 130 cm³/mol. The number of nitrogens with zero attached hydrogens (tertiary/aromatic N) is 3. The number of nitriles is 1. The van der Waals surface area contributed by atoms with Crippen LogP contribution in [0.4, 0.5) is 0 Å². The third kappa shape index (κ3) is 5.64. The number of para-hydroxylation sites is 1. The fourth-order valence-corrected chi connectivity index (χ4v) is 4.70. The van der Waals surface area contributed by atoms with E-state index < -0.39 is 0 Å². The van der Waals surface area contributed by atoms with E-state index in [9.17, 15) is 4.79 Å². The summed E-state index contributed by atoms with van der Waals surface area (Å²) in [6, 6.07) is 18.0. The molecule has 0 aliphatic heterocycles. The van der Waals surface area contributed by atoms with E-state index >= 15 is 0 Å². The van der Waals surface area contributed by atoms with Gasteiger partial charge in [-0.2, -0.15) is 5.26 Å². The van der Waals surface area contributed by atoms with Gasteiger partial charge in [-0.3, -0.25) is 4.79 Å². The smallest absolute Gasteiger partial charge is 0.255 e. The maximum absolute atomic E-state index is 13.0. The molecule has 174 valence electrons. The molecule has 1 aliphatic rings. The Hall–Kier alpha value is -3.53. The monoisotopic (exact) mass is 447 g/mol. The van der Waals surface area contributed by atoms with Gasteiger partial charge in [0.15, 0.2) is 0 Å². The van der Waals surface area contributed by atoms with Crippen LogP contribution in [-0.2, 0) is 5.41 Å². The highest BCUT2D eigenvalue weighted by Crippen LogP contribution is 2.40. The van der Waals surface area contributed by atoms with Crippen LogP contribution in [0.15, 0.2) is 59.6 Å². The summed E-state index contributed by atoms with van der Waals surface area (Å²) in [4.78, 5) is 19.0. The number of ether oxygens (including phenoxy) is 1. The molecule has 2 N–H and O–H groups in total. The summed E-state index contributed by atoms with van der Waals surface area (Å²) in [6.07, 6.45) is 5.61. The van der Waals surface area contributed by atoms with Gasteiger partial charge in [0.05, 0.1) is 12.7 Å². The van der Waals surface area contributed by atoms with Crippen molar-refractivity contribution in [3.63, 3.8) is 0 Å².